The molecule has 2 aliphatic heterocycles. The summed E-state index contributed by atoms with van der Waals surface area (Å²) in [5.74, 6) is 0.466. The van der Waals surface area contributed by atoms with Crippen molar-refractivity contribution < 1.29 is 4.79 Å². The Morgan fingerprint density at radius 3 is 2.69 bits per heavy atom. The van der Waals surface area contributed by atoms with Gasteiger partial charge in [-0.05, 0) is 69.4 Å². The Hall–Kier alpha value is -1.46. The maximum Gasteiger partial charge on any atom is 0.224 e. The van der Waals surface area contributed by atoms with Gasteiger partial charge in [0.1, 0.15) is 0 Å². The highest BCUT2D eigenvalue weighted by atomic mass is 16.1. The minimum atomic E-state index is 0.190. The molecule has 0 aromatic carbocycles. The smallest absolute Gasteiger partial charge is 0.224 e. The van der Waals surface area contributed by atoms with Gasteiger partial charge in [-0.1, -0.05) is 13.3 Å². The van der Waals surface area contributed by atoms with E-state index in [4.69, 9.17) is 0 Å². The van der Waals surface area contributed by atoms with Gasteiger partial charge in [0.2, 0.25) is 5.91 Å². The van der Waals surface area contributed by atoms with Crippen molar-refractivity contribution in [2.45, 2.75) is 58.0 Å². The summed E-state index contributed by atoms with van der Waals surface area (Å²) in [5.41, 5.74) is 1.35. The lowest BCUT2D eigenvalue weighted by atomic mass is 9.93. The molecule has 5 nitrogen and oxygen atoms in total. The number of likely N-dealkylation sites (tertiary alicyclic amines) is 2. The van der Waals surface area contributed by atoms with Crippen LogP contribution in [-0.2, 0) is 11.3 Å². The summed E-state index contributed by atoms with van der Waals surface area (Å²) in [7, 11) is 0. The first-order chi connectivity index (χ1) is 12.8. The standard InChI is InChI=1S/C21H34N4O/c1-2-3-10-23-21(26)19-5-4-13-25(17-19)20-8-14-24(15-9-20)16-18-6-11-22-12-7-18/h6-7,11-12,19-20H,2-5,8-10,13-17H2,1H3,(H,23,26). The number of nitrogens with zero attached hydrogens (tertiary/aromatic N) is 3. The average Bonchev–Trinajstić information content (AvgIpc) is 2.69. The van der Waals surface area contributed by atoms with Crippen LogP contribution >= 0.6 is 0 Å². The Labute approximate surface area is 158 Å². The highest BCUT2D eigenvalue weighted by Crippen LogP contribution is 2.24. The first-order valence-electron chi connectivity index (χ1n) is 10.4. The van der Waals surface area contributed by atoms with E-state index in [1.54, 1.807) is 0 Å². The van der Waals surface area contributed by atoms with Gasteiger partial charge in [-0.3, -0.25) is 19.6 Å². The fourth-order valence-corrected chi connectivity index (χ4v) is 4.27. The SMILES string of the molecule is CCCCNC(=O)C1CCCN(C2CCN(Cc3ccncc3)CC2)C1. The Balaban J connectivity index is 1.43. The number of carbonyl (C=O) groups excluding carboxylic acids is 1. The van der Waals surface area contributed by atoms with Crippen LogP contribution in [0, 0.1) is 5.92 Å². The maximum absolute atomic E-state index is 12.4. The zero-order chi connectivity index (χ0) is 18.2. The van der Waals surface area contributed by atoms with Crippen LogP contribution in [0.15, 0.2) is 24.5 Å². The molecule has 1 aromatic heterocycles. The lowest BCUT2D eigenvalue weighted by Gasteiger charge is -2.42. The monoisotopic (exact) mass is 358 g/mol. The van der Waals surface area contributed by atoms with Gasteiger partial charge in [0.05, 0.1) is 5.92 Å². The molecule has 0 bridgehead atoms. The Bertz CT molecular complexity index is 542. The van der Waals surface area contributed by atoms with E-state index in [0.29, 0.717) is 6.04 Å². The highest BCUT2D eigenvalue weighted by Gasteiger charge is 2.31. The Kier molecular flexibility index (Phi) is 7.44. The maximum atomic E-state index is 12.4. The quantitative estimate of drug-likeness (QED) is 0.762. The van der Waals surface area contributed by atoms with E-state index in [0.717, 1.165) is 65.0 Å². The Morgan fingerprint density at radius 2 is 1.96 bits per heavy atom. The molecule has 1 N–H and O–H groups in total. The molecule has 1 aromatic rings. The van der Waals surface area contributed by atoms with Gasteiger partial charge in [0.15, 0.2) is 0 Å². The van der Waals surface area contributed by atoms with Crippen LogP contribution in [0.3, 0.4) is 0 Å². The topological polar surface area (TPSA) is 48.5 Å². The molecule has 2 saturated heterocycles. The summed E-state index contributed by atoms with van der Waals surface area (Å²) in [4.78, 5) is 21.6. The van der Waals surface area contributed by atoms with Gasteiger partial charge < -0.3 is 5.32 Å². The fourth-order valence-electron chi connectivity index (χ4n) is 4.27. The molecule has 2 fully saturated rings. The number of aromatic nitrogens is 1. The van der Waals surface area contributed by atoms with Gasteiger partial charge in [-0.15, -0.1) is 0 Å². The molecule has 0 aliphatic carbocycles. The number of pyridine rings is 1. The molecule has 144 valence electrons. The van der Waals surface area contributed by atoms with E-state index >= 15 is 0 Å². The average molecular weight is 359 g/mol. The summed E-state index contributed by atoms with van der Waals surface area (Å²) in [6.45, 7) is 8.43. The van der Waals surface area contributed by atoms with Crippen LogP contribution in [0.25, 0.3) is 0 Å². The highest BCUT2D eigenvalue weighted by molar-refractivity contribution is 5.78. The number of hydrogen-bond donors (Lipinski definition) is 1. The Morgan fingerprint density at radius 1 is 1.19 bits per heavy atom. The second kappa shape index (κ2) is 10.0. The number of hydrogen-bond acceptors (Lipinski definition) is 4. The first-order valence-corrected chi connectivity index (χ1v) is 10.4. The van der Waals surface area contributed by atoms with Gasteiger partial charge >= 0.3 is 0 Å². The molecular weight excluding hydrogens is 324 g/mol. The molecule has 5 heteroatoms. The lowest BCUT2D eigenvalue weighted by Crippen LogP contribution is -2.50. The predicted octanol–water partition coefficient (Wildman–Crippen LogP) is 2.67. The predicted molar refractivity (Wildman–Crippen MR) is 105 cm³/mol. The molecule has 1 unspecified atom stereocenters. The summed E-state index contributed by atoms with van der Waals surface area (Å²) in [5, 5.41) is 3.13. The number of unbranched alkanes of at least 4 members (excludes halogenated alkanes) is 1. The summed E-state index contributed by atoms with van der Waals surface area (Å²) in [6.07, 6.45) is 10.6. The second-order valence-corrected chi connectivity index (χ2v) is 7.84. The second-order valence-electron chi connectivity index (χ2n) is 7.84. The third kappa shape index (κ3) is 5.52. The van der Waals surface area contributed by atoms with Gasteiger partial charge in [-0.25, -0.2) is 0 Å². The van der Waals surface area contributed by atoms with Crippen molar-refractivity contribution >= 4 is 5.91 Å². The van der Waals surface area contributed by atoms with Crippen molar-refractivity contribution in [2.75, 3.05) is 32.7 Å². The van der Waals surface area contributed by atoms with Crippen LogP contribution < -0.4 is 5.32 Å². The van der Waals surface area contributed by atoms with E-state index in [2.05, 4.69) is 39.2 Å². The van der Waals surface area contributed by atoms with Crippen LogP contribution in [0.5, 0.6) is 0 Å². The third-order valence-corrected chi connectivity index (χ3v) is 5.88. The molecule has 0 radical (unpaired) electrons. The number of piperidine rings is 2. The zero-order valence-electron chi connectivity index (χ0n) is 16.2. The minimum Gasteiger partial charge on any atom is -0.356 e. The van der Waals surface area contributed by atoms with E-state index in [1.165, 1.54) is 18.4 Å². The van der Waals surface area contributed by atoms with Crippen LogP contribution in [0.4, 0.5) is 0 Å². The van der Waals surface area contributed by atoms with E-state index < -0.39 is 0 Å². The number of amides is 1. The minimum absolute atomic E-state index is 0.190. The van der Waals surface area contributed by atoms with E-state index in [-0.39, 0.29) is 11.8 Å². The first kappa shape index (κ1) is 19.3. The number of rotatable bonds is 7. The molecule has 2 aliphatic rings. The van der Waals surface area contributed by atoms with Gasteiger partial charge in [-0.2, -0.15) is 0 Å². The fraction of sp³-hybridized carbons (Fsp3) is 0.714. The van der Waals surface area contributed by atoms with E-state index in [9.17, 15) is 4.79 Å². The van der Waals surface area contributed by atoms with Crippen molar-refractivity contribution in [1.29, 1.82) is 0 Å². The van der Waals surface area contributed by atoms with Crippen LogP contribution in [0.2, 0.25) is 0 Å². The number of nitrogens with one attached hydrogen (secondary N) is 1. The summed E-state index contributed by atoms with van der Waals surface area (Å²) in [6, 6.07) is 4.87. The zero-order valence-corrected chi connectivity index (χ0v) is 16.2. The number of carbonyl (C=O) groups is 1. The summed E-state index contributed by atoms with van der Waals surface area (Å²) < 4.78 is 0. The van der Waals surface area contributed by atoms with Crippen molar-refractivity contribution in [3.05, 3.63) is 30.1 Å². The molecule has 3 heterocycles. The van der Waals surface area contributed by atoms with Crippen molar-refractivity contribution in [2.24, 2.45) is 5.92 Å². The third-order valence-electron chi connectivity index (χ3n) is 5.88. The molecule has 1 atom stereocenters. The van der Waals surface area contributed by atoms with Crippen LogP contribution in [-0.4, -0.2) is 59.5 Å². The van der Waals surface area contributed by atoms with Crippen LogP contribution in [0.1, 0.15) is 51.0 Å². The van der Waals surface area contributed by atoms with E-state index in [1.807, 2.05) is 12.4 Å². The molecule has 3 rings (SSSR count). The lowest BCUT2D eigenvalue weighted by molar-refractivity contribution is -0.127. The molecule has 1 amide bonds. The largest absolute Gasteiger partial charge is 0.356 e. The normalized spacial score (nSPS) is 23.0. The van der Waals surface area contributed by atoms with Gasteiger partial charge in [0.25, 0.3) is 0 Å². The molecule has 0 spiro atoms. The molecule has 26 heavy (non-hydrogen) atoms. The van der Waals surface area contributed by atoms with Crippen molar-refractivity contribution in [1.82, 2.24) is 20.1 Å². The van der Waals surface area contributed by atoms with Crippen molar-refractivity contribution in [3.8, 4) is 0 Å². The van der Waals surface area contributed by atoms with Gasteiger partial charge in [0, 0.05) is 38.1 Å². The van der Waals surface area contributed by atoms with Crippen molar-refractivity contribution in [3.63, 3.8) is 0 Å². The molecular formula is C21H34N4O. The molecule has 0 saturated carbocycles. The summed E-state index contributed by atoms with van der Waals surface area (Å²) >= 11 is 0.